The van der Waals surface area contributed by atoms with E-state index in [1.165, 1.54) is 32.1 Å². The van der Waals surface area contributed by atoms with Gasteiger partial charge in [0, 0.05) is 5.56 Å². The predicted molar refractivity (Wildman–Crippen MR) is 123 cm³/mol. The van der Waals surface area contributed by atoms with Crippen molar-refractivity contribution in [3.8, 4) is 0 Å². The molecule has 2 aliphatic carbocycles. The summed E-state index contributed by atoms with van der Waals surface area (Å²) in [7, 11) is 0. The first kappa shape index (κ1) is 22.5. The highest BCUT2D eigenvalue weighted by molar-refractivity contribution is 5.32. The lowest BCUT2D eigenvalue weighted by atomic mass is 9.78. The Morgan fingerprint density at radius 3 is 2.42 bits per heavy atom. The zero-order chi connectivity index (χ0) is 21.6. The molecule has 168 valence electrons. The second kappa shape index (κ2) is 10.7. The second-order valence-corrected chi connectivity index (χ2v) is 9.64. The Bertz CT molecular complexity index is 813. The summed E-state index contributed by atoms with van der Waals surface area (Å²) in [6, 6.07) is 3.51. The molecular formula is C28H36F2O. The molecule has 1 heterocycles. The van der Waals surface area contributed by atoms with Crippen molar-refractivity contribution >= 4 is 0 Å². The van der Waals surface area contributed by atoms with Crippen molar-refractivity contribution in [2.45, 2.75) is 82.7 Å². The highest BCUT2D eigenvalue weighted by Crippen LogP contribution is 2.40. The summed E-state index contributed by atoms with van der Waals surface area (Å²) >= 11 is 0. The van der Waals surface area contributed by atoms with Crippen LogP contribution in [0.3, 0.4) is 0 Å². The first-order chi connectivity index (χ1) is 15.2. The van der Waals surface area contributed by atoms with E-state index in [0.717, 1.165) is 44.4 Å². The average molecular weight is 427 g/mol. The van der Waals surface area contributed by atoms with Crippen LogP contribution in [0.5, 0.6) is 0 Å². The summed E-state index contributed by atoms with van der Waals surface area (Å²) in [5.41, 5.74) is 2.55. The molecule has 2 atom stereocenters. The molecule has 0 aromatic heterocycles. The summed E-state index contributed by atoms with van der Waals surface area (Å²) in [6.45, 7) is 4.33. The van der Waals surface area contributed by atoms with E-state index in [-0.39, 0.29) is 12.0 Å². The molecule has 31 heavy (non-hydrogen) atoms. The van der Waals surface area contributed by atoms with Crippen molar-refractivity contribution < 1.29 is 13.5 Å². The quantitative estimate of drug-likeness (QED) is 0.285. The number of hydrogen-bond acceptors (Lipinski definition) is 1. The molecule has 4 rings (SSSR count). The Labute approximate surface area is 186 Å². The fourth-order valence-corrected chi connectivity index (χ4v) is 5.34. The third-order valence-electron chi connectivity index (χ3n) is 7.47. The molecule has 0 radical (unpaired) electrons. The smallest absolute Gasteiger partial charge is 0.165 e. The Morgan fingerprint density at radius 2 is 1.74 bits per heavy atom. The van der Waals surface area contributed by atoms with Gasteiger partial charge in [-0.3, -0.25) is 0 Å². The summed E-state index contributed by atoms with van der Waals surface area (Å²) in [4.78, 5) is 0. The normalized spacial score (nSPS) is 28.5. The molecule has 0 bridgehead atoms. The van der Waals surface area contributed by atoms with Crippen molar-refractivity contribution in [3.63, 3.8) is 0 Å². The Kier molecular flexibility index (Phi) is 7.76. The van der Waals surface area contributed by atoms with Crippen molar-refractivity contribution in [3.05, 3.63) is 71.4 Å². The molecule has 1 aromatic carbocycles. The van der Waals surface area contributed by atoms with Crippen LogP contribution in [0.2, 0.25) is 0 Å². The molecule has 1 aliphatic heterocycles. The van der Waals surface area contributed by atoms with E-state index in [4.69, 9.17) is 4.74 Å². The van der Waals surface area contributed by atoms with Gasteiger partial charge in [0.15, 0.2) is 11.6 Å². The van der Waals surface area contributed by atoms with E-state index in [9.17, 15) is 8.78 Å². The van der Waals surface area contributed by atoms with Crippen LogP contribution < -0.4 is 0 Å². The maximum absolute atomic E-state index is 14.6. The van der Waals surface area contributed by atoms with Crippen LogP contribution in [0.15, 0.2) is 48.6 Å². The Hall–Kier alpha value is -1.74. The number of ether oxygens (including phenoxy) is 1. The van der Waals surface area contributed by atoms with Gasteiger partial charge in [-0.2, -0.15) is 0 Å². The van der Waals surface area contributed by atoms with Gasteiger partial charge in [-0.1, -0.05) is 42.0 Å². The van der Waals surface area contributed by atoms with E-state index >= 15 is 0 Å². The first-order valence-electron chi connectivity index (χ1n) is 12.2. The molecule has 1 saturated carbocycles. The van der Waals surface area contributed by atoms with Crippen molar-refractivity contribution in [2.24, 2.45) is 11.8 Å². The summed E-state index contributed by atoms with van der Waals surface area (Å²) in [5.74, 6) is 0.205. The molecule has 0 spiro atoms. The number of hydrogen-bond donors (Lipinski definition) is 0. The van der Waals surface area contributed by atoms with E-state index in [0.29, 0.717) is 23.7 Å². The van der Waals surface area contributed by atoms with E-state index in [2.05, 4.69) is 24.8 Å². The van der Waals surface area contributed by atoms with Crippen LogP contribution in [0, 0.1) is 23.5 Å². The molecule has 3 heteroatoms. The summed E-state index contributed by atoms with van der Waals surface area (Å²) < 4.78 is 34.0. The van der Waals surface area contributed by atoms with Crippen LogP contribution in [-0.2, 0) is 4.74 Å². The number of rotatable bonds is 9. The van der Waals surface area contributed by atoms with Crippen LogP contribution >= 0.6 is 0 Å². The number of allylic oxidation sites excluding steroid dienone is 5. The van der Waals surface area contributed by atoms with Gasteiger partial charge < -0.3 is 4.74 Å². The number of benzene rings is 1. The molecule has 2 unspecified atom stereocenters. The van der Waals surface area contributed by atoms with Crippen LogP contribution in [-0.4, -0.2) is 6.61 Å². The predicted octanol–water partition coefficient (Wildman–Crippen LogP) is 8.34. The lowest BCUT2D eigenvalue weighted by Crippen LogP contribution is -2.14. The minimum Gasteiger partial charge on any atom is -0.368 e. The number of epoxide rings is 1. The lowest BCUT2D eigenvalue weighted by Gasteiger charge is -2.27. The minimum atomic E-state index is -0.703. The largest absolute Gasteiger partial charge is 0.368 e. The second-order valence-electron chi connectivity index (χ2n) is 9.64. The van der Waals surface area contributed by atoms with Gasteiger partial charge in [-0.25, -0.2) is 8.78 Å². The zero-order valence-electron chi connectivity index (χ0n) is 18.6. The highest BCUT2D eigenvalue weighted by Gasteiger charge is 2.32. The van der Waals surface area contributed by atoms with E-state index < -0.39 is 11.6 Å². The van der Waals surface area contributed by atoms with Crippen molar-refractivity contribution in [1.29, 1.82) is 0 Å². The standard InChI is InChI=1S/C28H36F2O/c1-2-3-6-20-9-11-21(12-10-20)7-4-5-8-22-13-15-23(16-14-22)24-17-18-25(26-19-31-26)28(30)27(24)29/h2,5,8,11,17-18,20,22-23,26H,1,3-4,6-7,9-10,12-16,19H2/b8-5+. The molecular weight excluding hydrogens is 390 g/mol. The van der Waals surface area contributed by atoms with Gasteiger partial charge in [0.1, 0.15) is 6.10 Å². The van der Waals surface area contributed by atoms with Crippen LogP contribution in [0.4, 0.5) is 8.78 Å². The summed E-state index contributed by atoms with van der Waals surface area (Å²) in [5, 5.41) is 0. The average Bonchev–Trinajstić information content (AvgIpc) is 3.64. The third-order valence-corrected chi connectivity index (χ3v) is 7.47. The fraction of sp³-hybridized carbons (Fsp3) is 0.571. The van der Waals surface area contributed by atoms with Gasteiger partial charge in [0.05, 0.1) is 6.61 Å². The maximum Gasteiger partial charge on any atom is 0.165 e. The molecule has 1 aromatic rings. The summed E-state index contributed by atoms with van der Waals surface area (Å²) in [6.07, 6.45) is 21.5. The maximum atomic E-state index is 14.6. The number of halogens is 2. The van der Waals surface area contributed by atoms with Gasteiger partial charge in [0.2, 0.25) is 0 Å². The van der Waals surface area contributed by atoms with Crippen LogP contribution in [0.25, 0.3) is 0 Å². The van der Waals surface area contributed by atoms with Crippen molar-refractivity contribution in [2.75, 3.05) is 6.61 Å². The lowest BCUT2D eigenvalue weighted by molar-refractivity contribution is 0.360. The first-order valence-corrected chi connectivity index (χ1v) is 12.2. The molecule has 0 amide bonds. The van der Waals surface area contributed by atoms with E-state index in [1.807, 2.05) is 6.08 Å². The Balaban J connectivity index is 1.19. The van der Waals surface area contributed by atoms with E-state index in [1.54, 1.807) is 17.7 Å². The highest BCUT2D eigenvalue weighted by atomic mass is 19.2. The molecule has 0 N–H and O–H groups in total. The molecule has 2 fully saturated rings. The third kappa shape index (κ3) is 5.94. The van der Waals surface area contributed by atoms with Gasteiger partial charge in [-0.05, 0) is 93.9 Å². The fourth-order valence-electron chi connectivity index (χ4n) is 5.34. The van der Waals surface area contributed by atoms with Gasteiger partial charge in [-0.15, -0.1) is 6.58 Å². The molecule has 1 saturated heterocycles. The van der Waals surface area contributed by atoms with Gasteiger partial charge in [0.25, 0.3) is 0 Å². The van der Waals surface area contributed by atoms with Gasteiger partial charge >= 0.3 is 0 Å². The van der Waals surface area contributed by atoms with Crippen molar-refractivity contribution in [1.82, 2.24) is 0 Å². The zero-order valence-corrected chi connectivity index (χ0v) is 18.6. The SMILES string of the molecule is C=CCCC1CC=C(CC/C=C/C2CCC(c3ccc(C4CO4)c(F)c3F)CC2)CC1. The topological polar surface area (TPSA) is 12.5 Å². The Morgan fingerprint density at radius 1 is 1.00 bits per heavy atom. The minimum absolute atomic E-state index is 0.134. The monoisotopic (exact) mass is 426 g/mol. The van der Waals surface area contributed by atoms with Crippen LogP contribution in [0.1, 0.15) is 93.8 Å². The molecule has 3 aliphatic rings. The molecule has 1 nitrogen and oxygen atoms in total.